The molecule has 2 aromatic rings. The standard InChI is InChI=1S/C14H15ClN2O2S/c15-9-4-1-5-10-11(9)12(16)13(20-10)14(18)17-8-3-2-6-19-7-8/h1,4-5,8H,2-3,6-7,16H2,(H,17,18). The molecule has 1 aromatic carbocycles. The fourth-order valence-electron chi connectivity index (χ4n) is 2.40. The van der Waals surface area contributed by atoms with Crippen LogP contribution in [0.1, 0.15) is 22.5 Å². The lowest BCUT2D eigenvalue weighted by Crippen LogP contribution is -2.40. The normalized spacial score (nSPS) is 19.1. The fourth-order valence-corrected chi connectivity index (χ4v) is 3.79. The first-order chi connectivity index (χ1) is 9.66. The number of hydrogen-bond acceptors (Lipinski definition) is 4. The zero-order valence-electron chi connectivity index (χ0n) is 10.8. The van der Waals surface area contributed by atoms with Gasteiger partial charge in [0.1, 0.15) is 4.88 Å². The first-order valence-electron chi connectivity index (χ1n) is 6.52. The van der Waals surface area contributed by atoms with Crippen LogP contribution in [0.4, 0.5) is 5.69 Å². The Bertz CT molecular complexity index is 650. The third-order valence-corrected chi connectivity index (χ3v) is 4.89. The van der Waals surface area contributed by atoms with E-state index in [1.54, 1.807) is 6.07 Å². The van der Waals surface area contributed by atoms with Crippen LogP contribution in [0.3, 0.4) is 0 Å². The lowest BCUT2D eigenvalue weighted by molar-refractivity contribution is 0.0626. The summed E-state index contributed by atoms with van der Waals surface area (Å²) in [5.41, 5.74) is 6.54. The lowest BCUT2D eigenvalue weighted by atomic mass is 10.1. The van der Waals surface area contributed by atoms with Crippen LogP contribution in [0.25, 0.3) is 10.1 Å². The van der Waals surface area contributed by atoms with Gasteiger partial charge in [-0.1, -0.05) is 17.7 Å². The molecule has 0 radical (unpaired) electrons. The van der Waals surface area contributed by atoms with E-state index in [9.17, 15) is 4.79 Å². The molecule has 0 spiro atoms. The molecule has 6 heteroatoms. The van der Waals surface area contributed by atoms with E-state index in [1.165, 1.54) is 11.3 Å². The molecule has 3 N–H and O–H groups in total. The molecule has 20 heavy (non-hydrogen) atoms. The SMILES string of the molecule is Nc1c(C(=O)NC2CCCOC2)sc2cccc(Cl)c12. The van der Waals surface area contributed by atoms with E-state index in [-0.39, 0.29) is 11.9 Å². The van der Waals surface area contributed by atoms with Crippen molar-refractivity contribution in [2.75, 3.05) is 18.9 Å². The zero-order valence-corrected chi connectivity index (χ0v) is 12.4. The summed E-state index contributed by atoms with van der Waals surface area (Å²) >= 11 is 7.52. The predicted octanol–water partition coefficient (Wildman–Crippen LogP) is 3.05. The van der Waals surface area contributed by atoms with Gasteiger partial charge in [-0.15, -0.1) is 11.3 Å². The fraction of sp³-hybridized carbons (Fsp3) is 0.357. The Morgan fingerprint density at radius 2 is 2.35 bits per heavy atom. The molecule has 1 saturated heterocycles. The molecule has 1 aliphatic rings. The second-order valence-corrected chi connectivity index (χ2v) is 6.30. The summed E-state index contributed by atoms with van der Waals surface area (Å²) < 4.78 is 6.29. The first kappa shape index (κ1) is 13.7. The van der Waals surface area contributed by atoms with Gasteiger partial charge in [-0.05, 0) is 25.0 Å². The summed E-state index contributed by atoms with van der Waals surface area (Å²) in [5.74, 6) is -0.143. The van der Waals surface area contributed by atoms with Crippen LogP contribution in [-0.2, 0) is 4.74 Å². The van der Waals surface area contributed by atoms with E-state index < -0.39 is 0 Å². The van der Waals surface area contributed by atoms with E-state index in [1.807, 2.05) is 12.1 Å². The van der Waals surface area contributed by atoms with Crippen molar-refractivity contribution in [1.82, 2.24) is 5.32 Å². The highest BCUT2D eigenvalue weighted by Crippen LogP contribution is 2.37. The number of anilines is 1. The molecular weight excluding hydrogens is 296 g/mol. The molecule has 1 fully saturated rings. The Hall–Kier alpha value is -1.30. The number of nitrogen functional groups attached to an aromatic ring is 1. The Morgan fingerprint density at radius 1 is 1.50 bits per heavy atom. The van der Waals surface area contributed by atoms with Crippen molar-refractivity contribution < 1.29 is 9.53 Å². The average Bonchev–Trinajstić information content (AvgIpc) is 2.79. The summed E-state index contributed by atoms with van der Waals surface area (Å²) in [6.07, 6.45) is 1.91. The highest BCUT2D eigenvalue weighted by atomic mass is 35.5. The number of nitrogens with two attached hydrogens (primary N) is 1. The summed E-state index contributed by atoms with van der Waals surface area (Å²) in [6, 6.07) is 5.63. The molecule has 2 heterocycles. The van der Waals surface area contributed by atoms with Gasteiger partial charge in [0.2, 0.25) is 0 Å². The predicted molar refractivity (Wildman–Crippen MR) is 82.6 cm³/mol. The number of thiophene rings is 1. The van der Waals surface area contributed by atoms with Crippen molar-refractivity contribution in [2.24, 2.45) is 0 Å². The van der Waals surface area contributed by atoms with Crippen molar-refractivity contribution in [3.05, 3.63) is 28.1 Å². The van der Waals surface area contributed by atoms with Crippen LogP contribution >= 0.6 is 22.9 Å². The van der Waals surface area contributed by atoms with Crippen molar-refractivity contribution in [3.63, 3.8) is 0 Å². The largest absolute Gasteiger partial charge is 0.397 e. The molecule has 1 atom stereocenters. The second kappa shape index (κ2) is 5.60. The third kappa shape index (κ3) is 2.49. The van der Waals surface area contributed by atoms with E-state index in [4.69, 9.17) is 22.1 Å². The van der Waals surface area contributed by atoms with Gasteiger partial charge in [0.25, 0.3) is 5.91 Å². The molecule has 0 bridgehead atoms. The monoisotopic (exact) mass is 310 g/mol. The van der Waals surface area contributed by atoms with Gasteiger partial charge in [0.05, 0.1) is 23.4 Å². The van der Waals surface area contributed by atoms with Crippen LogP contribution in [0.15, 0.2) is 18.2 Å². The Morgan fingerprint density at radius 3 is 3.05 bits per heavy atom. The molecule has 4 nitrogen and oxygen atoms in total. The number of ether oxygens (including phenoxy) is 1. The number of hydrogen-bond donors (Lipinski definition) is 2. The van der Waals surface area contributed by atoms with Gasteiger partial charge in [-0.2, -0.15) is 0 Å². The number of amides is 1. The smallest absolute Gasteiger partial charge is 0.263 e. The third-order valence-electron chi connectivity index (χ3n) is 3.40. The van der Waals surface area contributed by atoms with E-state index in [0.29, 0.717) is 22.2 Å². The Balaban J connectivity index is 1.87. The molecule has 0 saturated carbocycles. The van der Waals surface area contributed by atoms with Gasteiger partial charge >= 0.3 is 0 Å². The van der Waals surface area contributed by atoms with Crippen LogP contribution in [0, 0.1) is 0 Å². The number of nitrogens with one attached hydrogen (secondary N) is 1. The Kier molecular flexibility index (Phi) is 3.83. The topological polar surface area (TPSA) is 64.4 Å². The van der Waals surface area contributed by atoms with E-state index >= 15 is 0 Å². The number of carbonyl (C=O) groups is 1. The number of halogens is 1. The number of benzene rings is 1. The van der Waals surface area contributed by atoms with Gasteiger partial charge < -0.3 is 15.8 Å². The Labute approximate surface area is 125 Å². The van der Waals surface area contributed by atoms with Crippen molar-refractivity contribution >= 4 is 44.6 Å². The van der Waals surface area contributed by atoms with Crippen molar-refractivity contribution in [2.45, 2.75) is 18.9 Å². The molecule has 1 aromatic heterocycles. The average molecular weight is 311 g/mol. The van der Waals surface area contributed by atoms with Crippen LogP contribution in [-0.4, -0.2) is 25.2 Å². The summed E-state index contributed by atoms with van der Waals surface area (Å²) in [6.45, 7) is 1.34. The van der Waals surface area contributed by atoms with Gasteiger partial charge in [0, 0.05) is 16.7 Å². The second-order valence-electron chi connectivity index (χ2n) is 4.85. The minimum Gasteiger partial charge on any atom is -0.397 e. The van der Waals surface area contributed by atoms with Crippen molar-refractivity contribution in [3.8, 4) is 0 Å². The van der Waals surface area contributed by atoms with Gasteiger partial charge in [-0.25, -0.2) is 0 Å². The minimum atomic E-state index is -0.143. The van der Waals surface area contributed by atoms with Crippen molar-refractivity contribution in [1.29, 1.82) is 0 Å². The summed E-state index contributed by atoms with van der Waals surface area (Å²) in [4.78, 5) is 12.9. The van der Waals surface area contributed by atoms with E-state index in [0.717, 1.165) is 29.5 Å². The summed E-state index contributed by atoms with van der Waals surface area (Å²) in [5, 5.41) is 4.33. The highest BCUT2D eigenvalue weighted by molar-refractivity contribution is 7.21. The first-order valence-corrected chi connectivity index (χ1v) is 7.71. The lowest BCUT2D eigenvalue weighted by Gasteiger charge is -2.22. The van der Waals surface area contributed by atoms with Gasteiger partial charge in [-0.3, -0.25) is 4.79 Å². The molecular formula is C14H15ClN2O2S. The maximum atomic E-state index is 12.3. The molecule has 1 unspecified atom stereocenters. The van der Waals surface area contributed by atoms with Crippen LogP contribution < -0.4 is 11.1 Å². The van der Waals surface area contributed by atoms with Gasteiger partial charge in [0.15, 0.2) is 0 Å². The van der Waals surface area contributed by atoms with Crippen LogP contribution in [0.5, 0.6) is 0 Å². The number of fused-ring (bicyclic) bond motifs is 1. The molecule has 1 aliphatic heterocycles. The molecule has 106 valence electrons. The quantitative estimate of drug-likeness (QED) is 0.896. The maximum absolute atomic E-state index is 12.3. The van der Waals surface area contributed by atoms with Crippen LogP contribution in [0.2, 0.25) is 5.02 Å². The zero-order chi connectivity index (χ0) is 14.1. The summed E-state index contributed by atoms with van der Waals surface area (Å²) in [7, 11) is 0. The maximum Gasteiger partial charge on any atom is 0.263 e. The molecule has 0 aliphatic carbocycles. The molecule has 1 amide bonds. The molecule has 3 rings (SSSR count). The number of carbonyl (C=O) groups excluding carboxylic acids is 1. The number of rotatable bonds is 2. The minimum absolute atomic E-state index is 0.0661. The van der Waals surface area contributed by atoms with E-state index in [2.05, 4.69) is 5.32 Å². The highest BCUT2D eigenvalue weighted by Gasteiger charge is 2.22.